The predicted octanol–water partition coefficient (Wildman–Crippen LogP) is 5.88. The van der Waals surface area contributed by atoms with Gasteiger partial charge in [0, 0.05) is 18.5 Å². The summed E-state index contributed by atoms with van der Waals surface area (Å²) in [5, 5.41) is 46.5. The van der Waals surface area contributed by atoms with Crippen molar-refractivity contribution < 1.29 is 54.3 Å². The van der Waals surface area contributed by atoms with Crippen LogP contribution in [0.2, 0.25) is 5.15 Å². The molecule has 3 aromatic carbocycles. The Kier molecular flexibility index (Phi) is 15.1. The maximum Gasteiger partial charge on any atom is 0.515 e. The smallest absolute Gasteiger partial charge is 0.461 e. The van der Waals surface area contributed by atoms with E-state index in [-0.39, 0.29) is 48.5 Å². The molecule has 0 saturated heterocycles. The first-order chi connectivity index (χ1) is 26.6. The van der Waals surface area contributed by atoms with E-state index in [1.165, 1.54) is 12.1 Å². The zero-order chi connectivity index (χ0) is 39.2. The van der Waals surface area contributed by atoms with Gasteiger partial charge in [0.2, 0.25) is 12.6 Å². The number of halogens is 1. The number of esters is 1. The number of hydrogen-bond acceptors (Lipinski definition) is 17. The molecule has 2 aromatic heterocycles. The van der Waals surface area contributed by atoms with Crippen molar-refractivity contribution in [2.24, 2.45) is 0 Å². The summed E-state index contributed by atoms with van der Waals surface area (Å²) in [5.74, 6) is 0.485. The molecule has 0 fully saturated rings. The van der Waals surface area contributed by atoms with E-state index in [0.29, 0.717) is 48.6 Å². The lowest BCUT2D eigenvalue weighted by atomic mass is 9.98. The van der Waals surface area contributed by atoms with Crippen LogP contribution in [-0.2, 0) is 45.5 Å². The third-order valence-corrected chi connectivity index (χ3v) is 8.16. The number of ether oxygens (including phenoxy) is 3. The van der Waals surface area contributed by atoms with Gasteiger partial charge in [-0.05, 0) is 58.9 Å². The molecule has 0 aliphatic carbocycles. The molecule has 4 N–H and O–H groups in total. The molecule has 0 amide bonds. The highest BCUT2D eigenvalue weighted by molar-refractivity contribution is 6.32. The average Bonchev–Trinajstić information content (AvgIpc) is 3.77. The highest BCUT2D eigenvalue weighted by Gasteiger charge is 2.24. The van der Waals surface area contributed by atoms with Gasteiger partial charge in [-0.2, -0.15) is 0 Å². The predicted molar refractivity (Wildman–Crippen MR) is 188 cm³/mol. The largest absolute Gasteiger partial charge is 0.515 e. The van der Waals surface area contributed by atoms with Crippen LogP contribution >= 0.6 is 11.6 Å². The zero-order valence-electron chi connectivity index (χ0n) is 29.6. The fraction of sp³-hybridized carbons (Fsp3) is 0.314. The van der Waals surface area contributed by atoms with Crippen LogP contribution in [0.3, 0.4) is 0 Å². The molecule has 0 aliphatic heterocycles. The lowest BCUT2D eigenvalue weighted by Crippen LogP contribution is -2.17. The van der Waals surface area contributed by atoms with Crippen molar-refractivity contribution in [2.75, 3.05) is 13.2 Å². The highest BCUT2D eigenvalue weighted by atomic mass is 35.5. The Hall–Kier alpha value is -5.35. The van der Waals surface area contributed by atoms with Gasteiger partial charge in [-0.25, -0.2) is 19.4 Å². The van der Waals surface area contributed by atoms with E-state index in [1.54, 1.807) is 16.7 Å². The van der Waals surface area contributed by atoms with E-state index in [0.717, 1.165) is 34.3 Å². The first-order valence-electron chi connectivity index (χ1n) is 17.0. The molecule has 0 unspecified atom stereocenters. The molecule has 0 radical (unpaired) electrons. The number of carbonyl (C=O) groups is 2. The second kappa shape index (κ2) is 20.4. The van der Waals surface area contributed by atoms with Gasteiger partial charge in [0.25, 0.3) is 0 Å². The second-order valence-electron chi connectivity index (χ2n) is 11.8. The first-order valence-corrected chi connectivity index (χ1v) is 17.4. The average molecular weight is 783 g/mol. The van der Waals surface area contributed by atoms with Crippen LogP contribution in [0.1, 0.15) is 60.0 Å². The van der Waals surface area contributed by atoms with Gasteiger partial charge < -0.3 is 18.8 Å². The Morgan fingerprint density at radius 2 is 1.58 bits per heavy atom. The molecule has 20 heteroatoms. The maximum atomic E-state index is 13.2. The molecular formula is C35H39ClN8O11. The number of tetrazole rings is 1. The Morgan fingerprint density at radius 1 is 0.836 bits per heavy atom. The van der Waals surface area contributed by atoms with Gasteiger partial charge in [0.1, 0.15) is 11.6 Å². The Balaban J connectivity index is 1.23. The first kappa shape index (κ1) is 40.8. The van der Waals surface area contributed by atoms with E-state index < -0.39 is 17.5 Å². The topological polar surface area (TPSA) is 229 Å². The second-order valence-corrected chi connectivity index (χ2v) is 12.2. The van der Waals surface area contributed by atoms with Crippen molar-refractivity contribution in [1.29, 1.82) is 0 Å². The molecule has 0 atom stereocenters. The molecule has 0 spiro atoms. The third-order valence-electron chi connectivity index (χ3n) is 7.90. The Bertz CT molecular complexity index is 2010. The number of aromatic nitrogens is 6. The van der Waals surface area contributed by atoms with Crippen LogP contribution < -0.4 is 4.74 Å². The van der Waals surface area contributed by atoms with Crippen molar-refractivity contribution in [3.05, 3.63) is 101 Å². The van der Waals surface area contributed by atoms with E-state index >= 15 is 0 Å². The third kappa shape index (κ3) is 12.1. The van der Waals surface area contributed by atoms with Crippen molar-refractivity contribution in [3.63, 3.8) is 0 Å². The zero-order valence-corrected chi connectivity index (χ0v) is 30.4. The van der Waals surface area contributed by atoms with Gasteiger partial charge in [0.15, 0.2) is 10.8 Å². The van der Waals surface area contributed by atoms with E-state index in [4.69, 9.17) is 46.6 Å². The lowest BCUT2D eigenvalue weighted by molar-refractivity contribution is -0.497. The van der Waals surface area contributed by atoms with Crippen LogP contribution in [0.15, 0.2) is 72.8 Å². The standard InChI is InChI=1S/C35H39ClN8O11/c1-2-3-13-30-37-32(36)31(34(45)51-18-6-7-19-53-43(47)48)41(30)21-24-14-16-26(17-15-24)28-11-4-5-12-29(28)33-38-40-42(39-33)23-52-35(46)55-27-10-8-9-25(20-27)22-54-44(49)50/h4-5,8-12,14-17,20,47-50H,2-3,6-7,13,18-19,21-23H2,1H3. The van der Waals surface area contributed by atoms with Gasteiger partial charge in [0.05, 0.1) is 30.6 Å². The van der Waals surface area contributed by atoms with Gasteiger partial charge >= 0.3 is 12.1 Å². The van der Waals surface area contributed by atoms with E-state index in [2.05, 4.69) is 37.0 Å². The summed E-state index contributed by atoms with van der Waals surface area (Å²) in [7, 11) is 0. The summed E-state index contributed by atoms with van der Waals surface area (Å²) in [6.07, 6.45) is 2.22. The quantitative estimate of drug-likeness (QED) is 0.0312. The SMILES string of the molecule is CCCCc1nc(Cl)c(C(=O)OCCCCON(O)O)n1Cc1ccc(-c2ccccc2-c2nnn(COC(=O)Oc3cccc(CON(O)O)c3)n2)cc1. The number of aryl methyl sites for hydroxylation is 1. The van der Waals surface area contributed by atoms with Gasteiger partial charge in [-0.1, -0.05) is 85.6 Å². The molecule has 0 aliphatic rings. The van der Waals surface area contributed by atoms with Crippen LogP contribution in [0, 0.1) is 0 Å². The molecule has 5 aromatic rings. The number of rotatable bonds is 20. The minimum absolute atomic E-state index is 0.0322. The van der Waals surface area contributed by atoms with Gasteiger partial charge in [-0.15, -0.1) is 15.0 Å². The van der Waals surface area contributed by atoms with Crippen LogP contribution in [0.25, 0.3) is 22.5 Å². The van der Waals surface area contributed by atoms with Crippen molar-refractivity contribution in [2.45, 2.75) is 58.9 Å². The summed E-state index contributed by atoms with van der Waals surface area (Å²) in [5.41, 5.74) is 3.89. The van der Waals surface area contributed by atoms with Gasteiger partial charge in [-0.3, -0.25) is 25.7 Å². The molecule has 55 heavy (non-hydrogen) atoms. The lowest BCUT2D eigenvalue weighted by Gasteiger charge is -2.13. The molecule has 292 valence electrons. The molecule has 0 bridgehead atoms. The summed E-state index contributed by atoms with van der Waals surface area (Å²) < 4.78 is 17.6. The normalized spacial score (nSPS) is 11.3. The van der Waals surface area contributed by atoms with Crippen LogP contribution in [0.4, 0.5) is 4.79 Å². The Morgan fingerprint density at radius 3 is 2.33 bits per heavy atom. The summed E-state index contributed by atoms with van der Waals surface area (Å²) in [4.78, 5) is 40.1. The van der Waals surface area contributed by atoms with E-state index in [9.17, 15) is 9.59 Å². The fourth-order valence-electron chi connectivity index (χ4n) is 5.32. The van der Waals surface area contributed by atoms with Crippen LogP contribution in [0.5, 0.6) is 5.75 Å². The molecule has 2 heterocycles. The molecule has 5 rings (SSSR count). The number of carbonyl (C=O) groups excluding carboxylic acids is 2. The summed E-state index contributed by atoms with van der Waals surface area (Å²) in [6.45, 7) is 1.91. The molecular weight excluding hydrogens is 744 g/mol. The minimum Gasteiger partial charge on any atom is -0.461 e. The molecule has 0 saturated carbocycles. The van der Waals surface area contributed by atoms with Crippen molar-refractivity contribution in [1.82, 2.24) is 40.5 Å². The number of nitrogens with zero attached hydrogens (tertiary/aromatic N) is 8. The summed E-state index contributed by atoms with van der Waals surface area (Å²) in [6, 6.07) is 21.4. The Labute approximate surface area is 319 Å². The van der Waals surface area contributed by atoms with Crippen molar-refractivity contribution in [3.8, 4) is 28.3 Å². The number of imidazole rings is 1. The number of unbranched alkanes of at least 4 members (excludes halogenated alkanes) is 2. The van der Waals surface area contributed by atoms with Crippen LogP contribution in [-0.4, -0.2) is 86.7 Å². The van der Waals surface area contributed by atoms with Crippen molar-refractivity contribution >= 4 is 23.7 Å². The fourth-order valence-corrected chi connectivity index (χ4v) is 5.59. The monoisotopic (exact) mass is 782 g/mol. The number of benzene rings is 3. The summed E-state index contributed by atoms with van der Waals surface area (Å²) >= 11 is 6.48. The van der Waals surface area contributed by atoms with E-state index in [1.807, 2.05) is 48.5 Å². The maximum absolute atomic E-state index is 13.2. The number of hydrogen-bond donors (Lipinski definition) is 4. The highest BCUT2D eigenvalue weighted by Crippen LogP contribution is 2.30. The minimum atomic E-state index is -1.02. The molecule has 19 nitrogen and oxygen atoms in total.